The van der Waals surface area contributed by atoms with E-state index in [9.17, 15) is 18.3 Å². The van der Waals surface area contributed by atoms with Crippen LogP contribution in [0.5, 0.6) is 5.75 Å². The molecular weight excluding hydrogens is 391 g/mol. The molecule has 1 unspecified atom stereocenters. The van der Waals surface area contributed by atoms with Gasteiger partial charge in [-0.15, -0.1) is 0 Å². The molecule has 0 spiro atoms. The Hall–Kier alpha value is -2.47. The molecule has 6 heteroatoms. The second kappa shape index (κ2) is 7.99. The fraction of sp³-hybridized carbons (Fsp3) is 0.417. The lowest BCUT2D eigenvalue weighted by Crippen LogP contribution is -2.41. The first-order valence-corrected chi connectivity index (χ1v) is 10.4. The van der Waals surface area contributed by atoms with Crippen molar-refractivity contribution in [3.63, 3.8) is 0 Å². The largest absolute Gasteiger partial charge is 0.494 e. The lowest BCUT2D eigenvalue weighted by Gasteiger charge is -2.31. The van der Waals surface area contributed by atoms with Crippen molar-refractivity contribution in [3.8, 4) is 16.9 Å². The van der Waals surface area contributed by atoms with Gasteiger partial charge in [-0.25, -0.2) is 0 Å². The Balaban J connectivity index is 1.49. The van der Waals surface area contributed by atoms with Gasteiger partial charge in [0.2, 0.25) is 5.60 Å². The summed E-state index contributed by atoms with van der Waals surface area (Å²) in [6.07, 6.45) is 1.59. The van der Waals surface area contributed by atoms with Crippen LogP contribution in [0.2, 0.25) is 0 Å². The van der Waals surface area contributed by atoms with Crippen LogP contribution in [0.1, 0.15) is 43.7 Å². The summed E-state index contributed by atoms with van der Waals surface area (Å²) in [5.74, 6) is 0.342. The van der Waals surface area contributed by atoms with Crippen LogP contribution < -0.4 is 4.74 Å². The van der Waals surface area contributed by atoms with Crippen molar-refractivity contribution in [2.45, 2.75) is 44.4 Å². The van der Waals surface area contributed by atoms with Crippen LogP contribution in [0.3, 0.4) is 0 Å². The number of piperidine rings is 1. The van der Waals surface area contributed by atoms with Crippen LogP contribution in [0.25, 0.3) is 11.1 Å². The van der Waals surface area contributed by atoms with Gasteiger partial charge in [-0.3, -0.25) is 0 Å². The number of hydrogen-bond acceptors (Lipinski definition) is 3. The fourth-order valence-corrected chi connectivity index (χ4v) is 4.57. The monoisotopic (exact) mass is 417 g/mol. The third kappa shape index (κ3) is 3.47. The number of rotatable bonds is 5. The zero-order valence-electron chi connectivity index (χ0n) is 17.0. The molecule has 0 radical (unpaired) electrons. The van der Waals surface area contributed by atoms with E-state index in [1.165, 1.54) is 36.7 Å². The molecule has 1 atom stereocenters. The highest BCUT2D eigenvalue weighted by Crippen LogP contribution is 2.55. The molecule has 0 saturated carbocycles. The summed E-state index contributed by atoms with van der Waals surface area (Å²) >= 11 is 0. The first-order valence-electron chi connectivity index (χ1n) is 10.4. The standard InChI is InChI=1S/C24H26F3NO2/c1-2-17-8-5-6-13-28(17)14-7-15-30-18-11-12-20-19-9-3-4-10-21(19)23(29,22(20)16-18)24(25,26)27/h2-4,9-12,16,29H,5-8,13-15H2,1H3/b17-2+. The van der Waals surface area contributed by atoms with E-state index in [1.54, 1.807) is 24.3 Å². The van der Waals surface area contributed by atoms with Gasteiger partial charge in [0, 0.05) is 29.9 Å². The smallest absolute Gasteiger partial charge is 0.425 e. The quantitative estimate of drug-likeness (QED) is 0.641. The summed E-state index contributed by atoms with van der Waals surface area (Å²) in [7, 11) is 0. The van der Waals surface area contributed by atoms with E-state index in [2.05, 4.69) is 17.9 Å². The number of halogens is 3. The van der Waals surface area contributed by atoms with Crippen LogP contribution in [-0.2, 0) is 5.60 Å². The number of nitrogens with zero attached hydrogens (tertiary/aromatic N) is 1. The van der Waals surface area contributed by atoms with E-state index in [-0.39, 0.29) is 11.1 Å². The summed E-state index contributed by atoms with van der Waals surface area (Å²) in [4.78, 5) is 2.36. The molecule has 1 N–H and O–H groups in total. The van der Waals surface area contributed by atoms with E-state index >= 15 is 0 Å². The molecule has 2 aliphatic rings. The Labute approximate surface area is 174 Å². The Bertz CT molecular complexity index is 954. The number of alkyl halides is 3. The van der Waals surface area contributed by atoms with Crippen molar-refractivity contribution >= 4 is 0 Å². The minimum Gasteiger partial charge on any atom is -0.494 e. The highest BCUT2D eigenvalue weighted by atomic mass is 19.4. The van der Waals surface area contributed by atoms with E-state index in [1.807, 2.05) is 0 Å². The van der Waals surface area contributed by atoms with Crippen LogP contribution in [-0.4, -0.2) is 35.9 Å². The predicted molar refractivity (Wildman–Crippen MR) is 110 cm³/mol. The fourth-order valence-electron chi connectivity index (χ4n) is 4.57. The molecule has 30 heavy (non-hydrogen) atoms. The van der Waals surface area contributed by atoms with Crippen molar-refractivity contribution in [2.24, 2.45) is 0 Å². The molecule has 0 bridgehead atoms. The molecule has 160 valence electrons. The van der Waals surface area contributed by atoms with Crippen molar-refractivity contribution < 1.29 is 23.0 Å². The number of aliphatic hydroxyl groups is 1. The minimum atomic E-state index is -4.83. The van der Waals surface area contributed by atoms with E-state index in [4.69, 9.17) is 4.74 Å². The third-order valence-electron chi connectivity index (χ3n) is 6.09. The van der Waals surface area contributed by atoms with Crippen molar-refractivity contribution in [1.82, 2.24) is 4.90 Å². The number of allylic oxidation sites excluding steroid dienone is 2. The predicted octanol–water partition coefficient (Wildman–Crippen LogP) is 5.62. The van der Waals surface area contributed by atoms with Crippen LogP contribution in [0, 0.1) is 0 Å². The van der Waals surface area contributed by atoms with Gasteiger partial charge in [0.1, 0.15) is 5.75 Å². The van der Waals surface area contributed by atoms with E-state index < -0.39 is 11.8 Å². The number of hydrogen-bond donors (Lipinski definition) is 1. The molecule has 2 aromatic rings. The van der Waals surface area contributed by atoms with Gasteiger partial charge in [0.25, 0.3) is 0 Å². The summed E-state index contributed by atoms with van der Waals surface area (Å²) in [6, 6.07) is 10.7. The third-order valence-corrected chi connectivity index (χ3v) is 6.09. The molecule has 1 aliphatic heterocycles. The molecule has 1 aliphatic carbocycles. The first kappa shape index (κ1) is 20.8. The zero-order valence-corrected chi connectivity index (χ0v) is 17.0. The average molecular weight is 417 g/mol. The molecule has 4 rings (SSSR count). The van der Waals surface area contributed by atoms with Gasteiger partial charge in [-0.2, -0.15) is 13.2 Å². The SMILES string of the molecule is C/C=C1\CCCCN1CCCOc1ccc2c(c1)C(O)(C(F)(F)F)c1ccccc1-2. The Morgan fingerprint density at radius 1 is 1.10 bits per heavy atom. The van der Waals surface area contributed by atoms with Gasteiger partial charge in [-0.1, -0.05) is 36.4 Å². The normalized spacial score (nSPS) is 22.2. The second-order valence-corrected chi connectivity index (χ2v) is 7.89. The summed E-state index contributed by atoms with van der Waals surface area (Å²) in [5.41, 5.74) is -1.17. The average Bonchev–Trinajstić information content (AvgIpc) is 3.01. The number of likely N-dealkylation sites (tertiary alicyclic amines) is 1. The molecule has 1 heterocycles. The topological polar surface area (TPSA) is 32.7 Å². The van der Waals surface area contributed by atoms with Gasteiger partial charge in [0.15, 0.2) is 0 Å². The lowest BCUT2D eigenvalue weighted by atomic mass is 9.91. The molecule has 0 aromatic heterocycles. The van der Waals surface area contributed by atoms with Gasteiger partial charge in [-0.05, 0) is 55.9 Å². The van der Waals surface area contributed by atoms with Gasteiger partial charge in [0.05, 0.1) is 6.61 Å². The molecule has 2 aromatic carbocycles. The number of ether oxygens (including phenoxy) is 1. The van der Waals surface area contributed by atoms with Crippen molar-refractivity contribution in [1.29, 1.82) is 0 Å². The number of fused-ring (bicyclic) bond motifs is 3. The lowest BCUT2D eigenvalue weighted by molar-refractivity contribution is -0.246. The highest BCUT2D eigenvalue weighted by molar-refractivity contribution is 5.81. The Morgan fingerprint density at radius 3 is 2.63 bits per heavy atom. The molecule has 0 amide bonds. The van der Waals surface area contributed by atoms with Crippen molar-refractivity contribution in [2.75, 3.05) is 19.7 Å². The highest BCUT2D eigenvalue weighted by Gasteiger charge is 2.60. The minimum absolute atomic E-state index is 0.131. The molecule has 1 saturated heterocycles. The molecule has 3 nitrogen and oxygen atoms in total. The van der Waals surface area contributed by atoms with E-state index in [0.29, 0.717) is 23.5 Å². The Morgan fingerprint density at radius 2 is 1.87 bits per heavy atom. The summed E-state index contributed by atoms with van der Waals surface area (Å²) in [5, 5.41) is 10.8. The first-order chi connectivity index (χ1) is 14.4. The summed E-state index contributed by atoms with van der Waals surface area (Å²) < 4.78 is 47.5. The van der Waals surface area contributed by atoms with Crippen molar-refractivity contribution in [3.05, 3.63) is 65.4 Å². The van der Waals surface area contributed by atoms with E-state index in [0.717, 1.165) is 25.9 Å². The van der Waals surface area contributed by atoms with Gasteiger partial charge >= 0.3 is 6.18 Å². The Kier molecular flexibility index (Phi) is 5.53. The van der Waals surface area contributed by atoms with Crippen LogP contribution in [0.4, 0.5) is 13.2 Å². The van der Waals surface area contributed by atoms with Crippen LogP contribution >= 0.6 is 0 Å². The number of benzene rings is 2. The van der Waals surface area contributed by atoms with Crippen LogP contribution in [0.15, 0.2) is 54.2 Å². The summed E-state index contributed by atoms with van der Waals surface area (Å²) in [6.45, 7) is 4.36. The maximum Gasteiger partial charge on any atom is 0.425 e. The molecule has 1 fully saturated rings. The maximum atomic E-state index is 13.9. The molecular formula is C24H26F3NO2. The maximum absolute atomic E-state index is 13.9. The zero-order chi connectivity index (χ0) is 21.4. The van der Waals surface area contributed by atoms with Gasteiger partial charge < -0.3 is 14.7 Å². The second-order valence-electron chi connectivity index (χ2n) is 7.89.